The number of rotatable bonds is 1. The lowest BCUT2D eigenvalue weighted by molar-refractivity contribution is 0.172. The van der Waals surface area contributed by atoms with E-state index >= 15 is 0 Å². The quantitative estimate of drug-likeness (QED) is 0.667. The van der Waals surface area contributed by atoms with Crippen LogP contribution in [0.2, 0.25) is 0 Å². The van der Waals surface area contributed by atoms with Crippen molar-refractivity contribution in [2.24, 2.45) is 0 Å². The Morgan fingerprint density at radius 3 is 2.62 bits per heavy atom. The van der Waals surface area contributed by atoms with E-state index in [4.69, 9.17) is 0 Å². The second-order valence-electron chi connectivity index (χ2n) is 2.99. The first-order valence-electron chi connectivity index (χ1n) is 4.13. The zero-order valence-corrected chi connectivity index (χ0v) is 8.03. The fourth-order valence-corrected chi connectivity index (χ4v) is 1.13. The molecule has 0 saturated carbocycles. The number of aryl methyl sites for hydroxylation is 1. The lowest BCUT2D eigenvalue weighted by Gasteiger charge is -2.05. The summed E-state index contributed by atoms with van der Waals surface area (Å²) < 4.78 is 0.669. The first-order valence-corrected chi connectivity index (χ1v) is 4.13. The van der Waals surface area contributed by atoms with Gasteiger partial charge in [-0.2, -0.15) is 0 Å². The number of pyridine rings is 1. The Kier molecular flexibility index (Phi) is 2.56. The van der Waals surface area contributed by atoms with Gasteiger partial charge in [0, 0.05) is 5.56 Å². The van der Waals surface area contributed by atoms with Crippen LogP contribution in [0.4, 0.5) is 0 Å². The minimum atomic E-state index is -0.354. The largest absolute Gasteiger partial charge is 0.425 e. The predicted molar refractivity (Wildman–Crippen MR) is 52.1 cm³/mol. The van der Waals surface area contributed by atoms with Crippen molar-refractivity contribution in [3.05, 3.63) is 39.3 Å². The molecule has 1 N–H and O–H groups in total. The Hall–Kier alpha value is -1.51. The van der Waals surface area contributed by atoms with Crippen molar-refractivity contribution in [3.8, 4) is 0 Å². The standard InChI is InChI=1S/C10H13NO2/c1-4-5-9-6-7(2)8(3)10(12)11(9)13/h4-6,13H,1-3H3/b5-4-. The number of nitrogens with zero attached hydrogens (tertiary/aromatic N) is 1. The minimum Gasteiger partial charge on any atom is -0.425 e. The Balaban J connectivity index is 3.50. The van der Waals surface area contributed by atoms with Crippen LogP contribution < -0.4 is 5.56 Å². The second-order valence-corrected chi connectivity index (χ2v) is 2.99. The van der Waals surface area contributed by atoms with Gasteiger partial charge in [-0.1, -0.05) is 6.08 Å². The SMILES string of the molecule is C/C=C\c1cc(C)c(C)c(=O)n1O. The van der Waals surface area contributed by atoms with Crippen molar-refractivity contribution in [1.82, 2.24) is 4.73 Å². The smallest absolute Gasteiger partial charge is 0.286 e. The monoisotopic (exact) mass is 179 g/mol. The fourth-order valence-electron chi connectivity index (χ4n) is 1.13. The maximum absolute atomic E-state index is 11.4. The van der Waals surface area contributed by atoms with E-state index in [9.17, 15) is 10.0 Å². The van der Waals surface area contributed by atoms with Crippen molar-refractivity contribution < 1.29 is 5.21 Å². The van der Waals surface area contributed by atoms with Crippen molar-refractivity contribution in [1.29, 1.82) is 0 Å². The Morgan fingerprint density at radius 2 is 2.08 bits per heavy atom. The third kappa shape index (κ3) is 1.64. The van der Waals surface area contributed by atoms with E-state index in [0.717, 1.165) is 5.56 Å². The van der Waals surface area contributed by atoms with Crippen LogP contribution in [0, 0.1) is 13.8 Å². The zero-order chi connectivity index (χ0) is 10.0. The Labute approximate surface area is 76.9 Å². The summed E-state index contributed by atoms with van der Waals surface area (Å²) in [4.78, 5) is 11.4. The van der Waals surface area contributed by atoms with Gasteiger partial charge in [-0.15, -0.1) is 4.73 Å². The van der Waals surface area contributed by atoms with Gasteiger partial charge in [-0.3, -0.25) is 4.79 Å². The fraction of sp³-hybridized carbons (Fsp3) is 0.300. The molecule has 0 bridgehead atoms. The van der Waals surface area contributed by atoms with Crippen molar-refractivity contribution >= 4 is 6.08 Å². The predicted octanol–water partition coefficient (Wildman–Crippen LogP) is 1.74. The normalized spacial score (nSPS) is 11.0. The summed E-state index contributed by atoms with van der Waals surface area (Å²) in [6.45, 7) is 5.38. The number of aromatic nitrogens is 1. The summed E-state index contributed by atoms with van der Waals surface area (Å²) >= 11 is 0. The van der Waals surface area contributed by atoms with Crippen LogP contribution in [0.3, 0.4) is 0 Å². The molecule has 0 spiro atoms. The Bertz CT molecular complexity index is 402. The first kappa shape index (κ1) is 9.58. The van der Waals surface area contributed by atoms with Crippen LogP contribution in [-0.2, 0) is 0 Å². The van der Waals surface area contributed by atoms with Gasteiger partial charge in [0.25, 0.3) is 5.56 Å². The van der Waals surface area contributed by atoms with Gasteiger partial charge in [-0.25, -0.2) is 0 Å². The van der Waals surface area contributed by atoms with Crippen LogP contribution in [0.5, 0.6) is 0 Å². The molecule has 0 aliphatic rings. The van der Waals surface area contributed by atoms with Gasteiger partial charge in [-0.05, 0) is 38.5 Å². The van der Waals surface area contributed by atoms with Crippen LogP contribution >= 0.6 is 0 Å². The molecule has 13 heavy (non-hydrogen) atoms. The van der Waals surface area contributed by atoms with Gasteiger partial charge < -0.3 is 5.21 Å². The van der Waals surface area contributed by atoms with Crippen LogP contribution in [0.25, 0.3) is 6.08 Å². The van der Waals surface area contributed by atoms with Gasteiger partial charge >= 0.3 is 0 Å². The van der Waals surface area contributed by atoms with E-state index in [1.54, 1.807) is 25.1 Å². The van der Waals surface area contributed by atoms with E-state index in [1.165, 1.54) is 0 Å². The molecule has 1 heterocycles. The molecular formula is C10H13NO2. The molecule has 0 radical (unpaired) electrons. The van der Waals surface area contributed by atoms with Crippen molar-refractivity contribution in [3.63, 3.8) is 0 Å². The number of hydrogen-bond acceptors (Lipinski definition) is 2. The average Bonchev–Trinajstić information content (AvgIpc) is 2.11. The minimum absolute atomic E-state index is 0.354. The van der Waals surface area contributed by atoms with E-state index in [2.05, 4.69) is 0 Å². The van der Waals surface area contributed by atoms with E-state index in [0.29, 0.717) is 16.0 Å². The average molecular weight is 179 g/mol. The molecule has 0 unspecified atom stereocenters. The molecule has 3 heteroatoms. The molecule has 3 nitrogen and oxygen atoms in total. The molecular weight excluding hydrogens is 166 g/mol. The molecule has 0 amide bonds. The van der Waals surface area contributed by atoms with Crippen LogP contribution in [0.1, 0.15) is 23.7 Å². The van der Waals surface area contributed by atoms with Crippen molar-refractivity contribution in [2.45, 2.75) is 20.8 Å². The third-order valence-corrected chi connectivity index (χ3v) is 2.05. The molecule has 0 aliphatic carbocycles. The third-order valence-electron chi connectivity index (χ3n) is 2.05. The second kappa shape index (κ2) is 3.47. The maximum Gasteiger partial charge on any atom is 0.286 e. The van der Waals surface area contributed by atoms with Gasteiger partial charge in [0.1, 0.15) is 0 Å². The van der Waals surface area contributed by atoms with E-state index < -0.39 is 0 Å². The summed E-state index contributed by atoms with van der Waals surface area (Å²) in [7, 11) is 0. The summed E-state index contributed by atoms with van der Waals surface area (Å²) in [5.74, 6) is 0. The summed E-state index contributed by atoms with van der Waals surface area (Å²) in [5, 5.41) is 9.39. The highest BCUT2D eigenvalue weighted by molar-refractivity contribution is 5.46. The highest BCUT2D eigenvalue weighted by atomic mass is 16.5. The van der Waals surface area contributed by atoms with E-state index in [1.807, 2.05) is 13.8 Å². The molecule has 0 atom stereocenters. The zero-order valence-electron chi connectivity index (χ0n) is 8.03. The summed E-state index contributed by atoms with van der Waals surface area (Å²) in [5.41, 5.74) is 1.63. The van der Waals surface area contributed by atoms with Crippen LogP contribution in [-0.4, -0.2) is 9.94 Å². The maximum atomic E-state index is 11.4. The van der Waals surface area contributed by atoms with Gasteiger partial charge in [0.15, 0.2) is 0 Å². The Morgan fingerprint density at radius 1 is 1.46 bits per heavy atom. The first-order chi connectivity index (χ1) is 6.07. The van der Waals surface area contributed by atoms with Gasteiger partial charge in [0.2, 0.25) is 0 Å². The molecule has 0 saturated heterocycles. The highest BCUT2D eigenvalue weighted by Crippen LogP contribution is 2.05. The molecule has 0 aromatic carbocycles. The molecule has 0 fully saturated rings. The lowest BCUT2D eigenvalue weighted by Crippen LogP contribution is -2.22. The number of allylic oxidation sites excluding steroid dienone is 1. The highest BCUT2D eigenvalue weighted by Gasteiger charge is 2.05. The molecule has 1 aromatic heterocycles. The number of hydrogen-bond donors (Lipinski definition) is 1. The lowest BCUT2D eigenvalue weighted by atomic mass is 10.1. The molecule has 1 aromatic rings. The summed E-state index contributed by atoms with van der Waals surface area (Å²) in [6, 6.07) is 1.77. The van der Waals surface area contributed by atoms with E-state index in [-0.39, 0.29) is 5.56 Å². The van der Waals surface area contributed by atoms with Gasteiger partial charge in [0.05, 0.1) is 5.69 Å². The molecule has 0 aliphatic heterocycles. The topological polar surface area (TPSA) is 42.2 Å². The van der Waals surface area contributed by atoms with Crippen molar-refractivity contribution in [2.75, 3.05) is 0 Å². The summed E-state index contributed by atoms with van der Waals surface area (Å²) in [6.07, 6.45) is 3.46. The molecule has 1 rings (SSSR count). The van der Waals surface area contributed by atoms with Crippen LogP contribution in [0.15, 0.2) is 16.9 Å². The molecule has 70 valence electrons.